The maximum Gasteiger partial charge on any atom is 0.390 e. The summed E-state index contributed by atoms with van der Waals surface area (Å²) in [6, 6.07) is 0. The highest BCUT2D eigenvalue weighted by molar-refractivity contribution is 7.53. The average Bonchev–Trinajstić information content (AvgIpc) is 1.94. The molecule has 0 atom stereocenters. The third kappa shape index (κ3) is 5.77. The van der Waals surface area contributed by atoms with E-state index in [4.69, 9.17) is 21.4 Å². The number of hydrogen-bond donors (Lipinski definition) is 2. The Morgan fingerprint density at radius 1 is 0.944 bits per heavy atom. The fourth-order valence-electron chi connectivity index (χ4n) is 1.51. The summed E-state index contributed by atoms with van der Waals surface area (Å²) in [6.07, 6.45) is -15.8. The van der Waals surface area contributed by atoms with Crippen LogP contribution in [0.1, 0.15) is 19.3 Å². The molecule has 0 aliphatic heterocycles. The second-order valence-corrected chi connectivity index (χ2v) is 6.21. The van der Waals surface area contributed by atoms with Crippen LogP contribution in [0.3, 0.4) is 0 Å². The van der Waals surface area contributed by atoms with E-state index in [1.54, 1.807) is 0 Å². The van der Waals surface area contributed by atoms with Crippen LogP contribution in [0.15, 0.2) is 0 Å². The first kappa shape index (κ1) is 18.0. The highest BCUT2D eigenvalue weighted by Gasteiger charge is 2.57. The normalized spacial score (nSPS) is 14.9. The summed E-state index contributed by atoms with van der Waals surface area (Å²) in [7, 11) is -5.64. The van der Waals surface area contributed by atoms with Crippen LogP contribution in [0.4, 0.5) is 26.3 Å². The molecule has 0 radical (unpaired) electrons. The van der Waals surface area contributed by atoms with Crippen molar-refractivity contribution in [2.75, 3.05) is 5.88 Å². The number of rotatable bonds is 5. The Morgan fingerprint density at radius 3 is 1.44 bits per heavy atom. The van der Waals surface area contributed by atoms with Gasteiger partial charge in [0.25, 0.3) is 0 Å². The van der Waals surface area contributed by atoms with Gasteiger partial charge in [0.2, 0.25) is 0 Å². The molecule has 0 aliphatic carbocycles. The standard InChI is InChI=1S/C7H10ClF6O3P/c8-2-1-5(18(15,16)17,3-6(9,10)11)4-7(12,13)14/h1-4H2,(H2,15,16,17). The van der Waals surface area contributed by atoms with Gasteiger partial charge in [0.15, 0.2) is 0 Å². The maximum absolute atomic E-state index is 12.2. The zero-order chi connectivity index (χ0) is 14.8. The molecule has 0 aromatic carbocycles. The molecule has 0 saturated heterocycles. The average molecular weight is 323 g/mol. The van der Waals surface area contributed by atoms with Crippen molar-refractivity contribution in [1.29, 1.82) is 0 Å². The van der Waals surface area contributed by atoms with Crippen LogP contribution >= 0.6 is 19.2 Å². The van der Waals surface area contributed by atoms with Gasteiger partial charge in [-0.1, -0.05) is 0 Å². The van der Waals surface area contributed by atoms with Crippen molar-refractivity contribution >= 4 is 19.2 Å². The molecule has 0 unspecified atom stereocenters. The van der Waals surface area contributed by atoms with Crippen LogP contribution < -0.4 is 0 Å². The minimum absolute atomic E-state index is 0.725. The van der Waals surface area contributed by atoms with Gasteiger partial charge in [0.1, 0.15) is 0 Å². The molecule has 0 heterocycles. The Labute approximate surface area is 103 Å². The minimum Gasteiger partial charge on any atom is -0.324 e. The molecule has 0 aromatic heterocycles. The predicted octanol–water partition coefficient (Wildman–Crippen LogP) is 3.44. The van der Waals surface area contributed by atoms with Gasteiger partial charge >= 0.3 is 19.9 Å². The van der Waals surface area contributed by atoms with Gasteiger partial charge in [-0.05, 0) is 6.42 Å². The molecule has 0 rings (SSSR count). The molecular formula is C7H10ClF6O3P. The van der Waals surface area contributed by atoms with Crippen molar-refractivity contribution < 1.29 is 40.7 Å². The largest absolute Gasteiger partial charge is 0.390 e. The fraction of sp³-hybridized carbons (Fsp3) is 1.00. The molecule has 11 heteroatoms. The summed E-state index contributed by atoms with van der Waals surface area (Å²) in [5.41, 5.74) is 0. The Kier molecular flexibility index (Phi) is 5.57. The van der Waals surface area contributed by atoms with E-state index in [-0.39, 0.29) is 0 Å². The quantitative estimate of drug-likeness (QED) is 0.463. The maximum atomic E-state index is 12.2. The van der Waals surface area contributed by atoms with Crippen molar-refractivity contribution in [2.24, 2.45) is 0 Å². The van der Waals surface area contributed by atoms with Crippen molar-refractivity contribution in [3.05, 3.63) is 0 Å². The monoisotopic (exact) mass is 322 g/mol. The van der Waals surface area contributed by atoms with Gasteiger partial charge in [0, 0.05) is 5.88 Å². The molecule has 110 valence electrons. The topological polar surface area (TPSA) is 57.5 Å². The molecule has 0 fully saturated rings. The molecule has 0 saturated carbocycles. The summed E-state index contributed by atoms with van der Waals surface area (Å²) in [6.45, 7) is 0. The Balaban J connectivity index is 5.52. The zero-order valence-electron chi connectivity index (χ0n) is 8.72. The number of hydrogen-bond acceptors (Lipinski definition) is 1. The minimum atomic E-state index is -5.64. The number of alkyl halides is 7. The molecule has 0 spiro atoms. The van der Waals surface area contributed by atoms with Crippen molar-refractivity contribution in [1.82, 2.24) is 0 Å². The summed E-state index contributed by atoms with van der Waals surface area (Å²) in [5, 5.41) is -3.26. The molecule has 0 aliphatic rings. The van der Waals surface area contributed by atoms with Gasteiger partial charge in [-0.3, -0.25) is 4.57 Å². The lowest BCUT2D eigenvalue weighted by Crippen LogP contribution is -2.39. The van der Waals surface area contributed by atoms with Crippen LogP contribution in [0.5, 0.6) is 0 Å². The first-order chi connectivity index (χ1) is 7.72. The van der Waals surface area contributed by atoms with Crippen LogP contribution in [0.2, 0.25) is 0 Å². The van der Waals surface area contributed by atoms with Crippen LogP contribution in [0.25, 0.3) is 0 Å². The molecular weight excluding hydrogens is 312 g/mol. The SMILES string of the molecule is O=P(O)(O)C(CCCl)(CC(F)(F)F)CC(F)(F)F. The Bertz CT molecular complexity index is 306. The highest BCUT2D eigenvalue weighted by Crippen LogP contribution is 2.61. The first-order valence-electron chi connectivity index (χ1n) is 4.48. The lowest BCUT2D eigenvalue weighted by molar-refractivity contribution is -0.170. The lowest BCUT2D eigenvalue weighted by atomic mass is 9.96. The van der Waals surface area contributed by atoms with E-state index < -0.39 is 50.2 Å². The zero-order valence-corrected chi connectivity index (χ0v) is 10.4. The molecule has 0 aromatic rings. The Hall–Kier alpha value is 0.0200. The van der Waals surface area contributed by atoms with E-state index in [0.717, 1.165) is 0 Å². The Morgan fingerprint density at radius 2 is 1.28 bits per heavy atom. The third-order valence-electron chi connectivity index (χ3n) is 2.24. The summed E-state index contributed by atoms with van der Waals surface area (Å²) in [4.78, 5) is 17.7. The first-order valence-corrected chi connectivity index (χ1v) is 6.62. The summed E-state index contributed by atoms with van der Waals surface area (Å²) in [5.74, 6) is -0.725. The van der Waals surface area contributed by atoms with E-state index in [2.05, 4.69) is 0 Å². The molecule has 18 heavy (non-hydrogen) atoms. The molecule has 3 nitrogen and oxygen atoms in total. The van der Waals surface area contributed by atoms with Crippen molar-refractivity contribution in [3.8, 4) is 0 Å². The van der Waals surface area contributed by atoms with Gasteiger partial charge < -0.3 is 9.79 Å². The van der Waals surface area contributed by atoms with Gasteiger partial charge in [-0.2, -0.15) is 26.3 Å². The van der Waals surface area contributed by atoms with Gasteiger partial charge in [-0.25, -0.2) is 0 Å². The predicted molar refractivity (Wildman–Crippen MR) is 51.5 cm³/mol. The van der Waals surface area contributed by atoms with Gasteiger partial charge in [0.05, 0.1) is 18.0 Å². The highest BCUT2D eigenvalue weighted by atomic mass is 35.5. The number of halogens is 7. The van der Waals surface area contributed by atoms with Crippen molar-refractivity contribution in [2.45, 2.75) is 36.8 Å². The van der Waals surface area contributed by atoms with E-state index in [9.17, 15) is 30.9 Å². The van der Waals surface area contributed by atoms with E-state index in [0.29, 0.717) is 0 Å². The fourth-order valence-corrected chi connectivity index (χ4v) is 3.18. The molecule has 0 bridgehead atoms. The van der Waals surface area contributed by atoms with E-state index in [1.807, 2.05) is 0 Å². The molecule has 2 N–H and O–H groups in total. The van der Waals surface area contributed by atoms with E-state index >= 15 is 0 Å². The summed E-state index contributed by atoms with van der Waals surface area (Å²) >= 11 is 5.07. The summed E-state index contributed by atoms with van der Waals surface area (Å²) < 4.78 is 84.4. The van der Waals surface area contributed by atoms with Gasteiger partial charge in [-0.15, -0.1) is 11.6 Å². The van der Waals surface area contributed by atoms with Crippen molar-refractivity contribution in [3.63, 3.8) is 0 Å². The van der Waals surface area contributed by atoms with Crippen LogP contribution in [0, 0.1) is 0 Å². The smallest absolute Gasteiger partial charge is 0.324 e. The van der Waals surface area contributed by atoms with E-state index in [1.165, 1.54) is 0 Å². The lowest BCUT2D eigenvalue weighted by Gasteiger charge is -2.35. The second-order valence-electron chi connectivity index (χ2n) is 3.79. The third-order valence-corrected chi connectivity index (χ3v) is 4.20. The molecule has 0 amide bonds. The van der Waals surface area contributed by atoms with Crippen LogP contribution in [-0.4, -0.2) is 33.2 Å². The second kappa shape index (κ2) is 5.56. The van der Waals surface area contributed by atoms with Crippen LogP contribution in [-0.2, 0) is 4.57 Å².